The highest BCUT2D eigenvalue weighted by molar-refractivity contribution is 8.15. The molecule has 21 heavy (non-hydrogen) atoms. The lowest BCUT2D eigenvalue weighted by molar-refractivity contribution is -0.124. The van der Waals surface area contributed by atoms with Crippen molar-refractivity contribution in [3.63, 3.8) is 0 Å². The van der Waals surface area contributed by atoms with E-state index in [1.54, 1.807) is 4.90 Å². The standard InChI is InChI=1S/C15H16ClN3OS/c16-13-8-4-1-5-11(13)9-19-14(20)10-21-15(19)18-17-12-6-2-3-7-12/h1,4-5,8H,2-3,6-7,9-10H2/b18-15-. The maximum absolute atomic E-state index is 12.0. The van der Waals surface area contributed by atoms with E-state index < -0.39 is 0 Å². The zero-order chi connectivity index (χ0) is 14.7. The highest BCUT2D eigenvalue weighted by Gasteiger charge is 2.29. The second-order valence-electron chi connectivity index (χ2n) is 5.12. The van der Waals surface area contributed by atoms with Crippen LogP contribution in [0.3, 0.4) is 0 Å². The molecule has 1 aromatic rings. The van der Waals surface area contributed by atoms with Crippen LogP contribution in [-0.4, -0.2) is 27.4 Å². The van der Waals surface area contributed by atoms with E-state index in [1.807, 2.05) is 24.3 Å². The predicted octanol–water partition coefficient (Wildman–Crippen LogP) is 3.70. The van der Waals surface area contributed by atoms with Crippen molar-refractivity contribution in [2.45, 2.75) is 32.2 Å². The van der Waals surface area contributed by atoms with Crippen molar-refractivity contribution in [2.24, 2.45) is 10.2 Å². The third-order valence-electron chi connectivity index (χ3n) is 3.60. The van der Waals surface area contributed by atoms with Crippen molar-refractivity contribution in [3.05, 3.63) is 34.9 Å². The Hall–Kier alpha value is -1.33. The molecule has 1 saturated heterocycles. The van der Waals surface area contributed by atoms with Gasteiger partial charge in [-0.2, -0.15) is 5.10 Å². The topological polar surface area (TPSA) is 45.0 Å². The van der Waals surface area contributed by atoms with Gasteiger partial charge < -0.3 is 0 Å². The first kappa shape index (κ1) is 14.6. The molecule has 2 fully saturated rings. The fourth-order valence-electron chi connectivity index (χ4n) is 2.42. The number of amidine groups is 1. The Labute approximate surface area is 133 Å². The van der Waals surface area contributed by atoms with Crippen molar-refractivity contribution in [3.8, 4) is 0 Å². The lowest BCUT2D eigenvalue weighted by Gasteiger charge is -2.16. The van der Waals surface area contributed by atoms with Gasteiger partial charge in [-0.1, -0.05) is 41.6 Å². The van der Waals surface area contributed by atoms with Gasteiger partial charge in [0, 0.05) is 10.7 Å². The van der Waals surface area contributed by atoms with Gasteiger partial charge in [0.25, 0.3) is 0 Å². The Morgan fingerprint density at radius 1 is 1.19 bits per heavy atom. The van der Waals surface area contributed by atoms with Crippen molar-refractivity contribution in [1.82, 2.24) is 4.90 Å². The van der Waals surface area contributed by atoms with Crippen molar-refractivity contribution in [1.29, 1.82) is 0 Å². The average molecular weight is 322 g/mol. The summed E-state index contributed by atoms with van der Waals surface area (Å²) in [6.07, 6.45) is 4.44. The second kappa shape index (κ2) is 6.62. The number of benzene rings is 1. The zero-order valence-corrected chi connectivity index (χ0v) is 13.2. The minimum atomic E-state index is 0.0605. The molecule has 1 aliphatic carbocycles. The first-order chi connectivity index (χ1) is 10.2. The molecule has 1 amide bonds. The van der Waals surface area contributed by atoms with Crippen LogP contribution in [0.5, 0.6) is 0 Å². The molecule has 0 radical (unpaired) electrons. The van der Waals surface area contributed by atoms with E-state index in [2.05, 4.69) is 10.2 Å². The molecule has 0 aromatic heterocycles. The number of amides is 1. The number of thioether (sulfide) groups is 1. The summed E-state index contributed by atoms with van der Waals surface area (Å²) in [5.41, 5.74) is 2.07. The normalized spacial score (nSPS) is 20.6. The lowest BCUT2D eigenvalue weighted by Crippen LogP contribution is -2.29. The minimum absolute atomic E-state index is 0.0605. The Bertz CT molecular complexity index is 607. The van der Waals surface area contributed by atoms with E-state index in [1.165, 1.54) is 24.6 Å². The summed E-state index contributed by atoms with van der Waals surface area (Å²) < 4.78 is 0. The molecule has 1 heterocycles. The molecule has 0 spiro atoms. The molecule has 1 aliphatic heterocycles. The molecule has 0 atom stereocenters. The summed E-state index contributed by atoms with van der Waals surface area (Å²) >= 11 is 7.61. The maximum Gasteiger partial charge on any atom is 0.239 e. The summed E-state index contributed by atoms with van der Waals surface area (Å²) in [6, 6.07) is 7.57. The van der Waals surface area contributed by atoms with Crippen LogP contribution in [-0.2, 0) is 11.3 Å². The monoisotopic (exact) mass is 321 g/mol. The predicted molar refractivity (Wildman–Crippen MR) is 87.8 cm³/mol. The first-order valence-electron chi connectivity index (χ1n) is 7.04. The maximum atomic E-state index is 12.0. The Kier molecular flexibility index (Phi) is 4.60. The summed E-state index contributed by atoms with van der Waals surface area (Å²) in [5, 5.41) is 9.95. The van der Waals surface area contributed by atoms with Gasteiger partial charge in [0.1, 0.15) is 0 Å². The molecule has 3 rings (SSSR count). The highest BCUT2D eigenvalue weighted by Crippen LogP contribution is 2.25. The largest absolute Gasteiger partial charge is 0.285 e. The Morgan fingerprint density at radius 3 is 2.71 bits per heavy atom. The van der Waals surface area contributed by atoms with Crippen LogP contribution >= 0.6 is 23.4 Å². The van der Waals surface area contributed by atoms with Crippen LogP contribution in [0.4, 0.5) is 0 Å². The number of hydrogen-bond donors (Lipinski definition) is 0. The van der Waals surface area contributed by atoms with Crippen molar-refractivity contribution >= 4 is 40.1 Å². The van der Waals surface area contributed by atoms with Gasteiger partial charge in [0.05, 0.1) is 12.3 Å². The van der Waals surface area contributed by atoms with E-state index in [0.717, 1.165) is 24.1 Å². The quantitative estimate of drug-likeness (QED) is 0.797. The molecule has 110 valence electrons. The number of hydrogen-bond acceptors (Lipinski definition) is 4. The third-order valence-corrected chi connectivity index (χ3v) is 4.92. The summed E-state index contributed by atoms with van der Waals surface area (Å²) in [5.74, 6) is 0.485. The summed E-state index contributed by atoms with van der Waals surface area (Å²) in [7, 11) is 0. The van der Waals surface area contributed by atoms with Crippen LogP contribution < -0.4 is 0 Å². The van der Waals surface area contributed by atoms with E-state index in [4.69, 9.17) is 11.6 Å². The smallest absolute Gasteiger partial charge is 0.239 e. The molecule has 2 aliphatic rings. The van der Waals surface area contributed by atoms with Crippen LogP contribution in [0.1, 0.15) is 31.2 Å². The van der Waals surface area contributed by atoms with E-state index in [-0.39, 0.29) is 5.91 Å². The number of carbonyl (C=O) groups is 1. The minimum Gasteiger partial charge on any atom is -0.285 e. The number of carbonyl (C=O) groups excluding carboxylic acids is 1. The fourth-order valence-corrected chi connectivity index (χ4v) is 3.45. The SMILES string of the molecule is O=C1CS/C(=N\N=C2CCCC2)N1Cc1ccccc1Cl. The first-order valence-corrected chi connectivity index (χ1v) is 8.40. The average Bonchev–Trinajstić information content (AvgIpc) is 3.11. The number of halogens is 1. The molecule has 0 N–H and O–H groups in total. The van der Waals surface area contributed by atoms with Crippen LogP contribution in [0.2, 0.25) is 5.02 Å². The van der Waals surface area contributed by atoms with Crippen LogP contribution in [0.25, 0.3) is 0 Å². The van der Waals surface area contributed by atoms with Gasteiger partial charge in [0.2, 0.25) is 5.91 Å². The molecule has 1 saturated carbocycles. The van der Waals surface area contributed by atoms with Gasteiger partial charge in [-0.15, -0.1) is 5.10 Å². The third kappa shape index (κ3) is 3.47. The molecule has 0 bridgehead atoms. The van der Waals surface area contributed by atoms with Gasteiger partial charge in [-0.05, 0) is 37.3 Å². The Morgan fingerprint density at radius 2 is 1.95 bits per heavy atom. The van der Waals surface area contributed by atoms with Gasteiger partial charge in [0.15, 0.2) is 5.17 Å². The van der Waals surface area contributed by atoms with Crippen molar-refractivity contribution in [2.75, 3.05) is 5.75 Å². The van der Waals surface area contributed by atoms with Gasteiger partial charge in [-0.25, -0.2) is 0 Å². The molecular weight excluding hydrogens is 306 g/mol. The van der Waals surface area contributed by atoms with Gasteiger partial charge in [-0.3, -0.25) is 9.69 Å². The zero-order valence-electron chi connectivity index (χ0n) is 11.6. The fraction of sp³-hybridized carbons (Fsp3) is 0.400. The number of rotatable bonds is 3. The van der Waals surface area contributed by atoms with E-state index in [0.29, 0.717) is 22.5 Å². The highest BCUT2D eigenvalue weighted by atomic mass is 35.5. The molecule has 1 aromatic carbocycles. The lowest BCUT2D eigenvalue weighted by atomic mass is 10.2. The van der Waals surface area contributed by atoms with E-state index in [9.17, 15) is 4.79 Å². The summed E-state index contributed by atoms with van der Waals surface area (Å²) in [4.78, 5) is 13.7. The molecule has 6 heteroatoms. The summed E-state index contributed by atoms with van der Waals surface area (Å²) in [6.45, 7) is 0.454. The van der Waals surface area contributed by atoms with Crippen LogP contribution in [0, 0.1) is 0 Å². The molecular formula is C15H16ClN3OS. The second-order valence-corrected chi connectivity index (χ2v) is 6.47. The van der Waals surface area contributed by atoms with Crippen molar-refractivity contribution < 1.29 is 4.79 Å². The van der Waals surface area contributed by atoms with Gasteiger partial charge >= 0.3 is 0 Å². The Balaban J connectivity index is 1.78. The molecule has 0 unspecified atom stereocenters. The van der Waals surface area contributed by atoms with Crippen LogP contribution in [0.15, 0.2) is 34.5 Å². The number of nitrogens with zero attached hydrogens (tertiary/aromatic N) is 3. The van der Waals surface area contributed by atoms with E-state index >= 15 is 0 Å². The molecule has 4 nitrogen and oxygen atoms in total.